The molecule has 0 atom stereocenters. The number of Topliss-reactive ketones (excluding diaryl/α,β-unsaturated/α-hetero) is 1. The predicted octanol–water partition coefficient (Wildman–Crippen LogP) is 3.21. The smallest absolute Gasteiger partial charge is 0.129 e. The first-order chi connectivity index (χ1) is 6.99. The second-order valence-electron chi connectivity index (χ2n) is 4.38. The lowest BCUT2D eigenvalue weighted by Crippen LogP contribution is -2.28. The Morgan fingerprint density at radius 3 is 2.40 bits per heavy atom. The van der Waals surface area contributed by atoms with Gasteiger partial charge in [0.1, 0.15) is 17.1 Å². The van der Waals surface area contributed by atoms with E-state index in [1.165, 1.54) is 0 Å². The van der Waals surface area contributed by atoms with Gasteiger partial charge in [-0.15, -0.1) is 0 Å². The number of para-hydroxylation sites is 1. The van der Waals surface area contributed by atoms with Crippen LogP contribution in [-0.2, 0) is 4.79 Å². The van der Waals surface area contributed by atoms with Crippen LogP contribution in [0.15, 0.2) is 30.3 Å². The number of hydrogen-bond acceptors (Lipinski definition) is 2. The molecule has 0 saturated heterocycles. The van der Waals surface area contributed by atoms with E-state index in [2.05, 4.69) is 0 Å². The van der Waals surface area contributed by atoms with E-state index in [9.17, 15) is 4.79 Å². The number of rotatable bonds is 5. The summed E-state index contributed by atoms with van der Waals surface area (Å²) in [6.45, 7) is 5.62. The van der Waals surface area contributed by atoms with Crippen LogP contribution < -0.4 is 4.74 Å². The lowest BCUT2D eigenvalue weighted by molar-refractivity contribution is -0.117. The van der Waals surface area contributed by atoms with Crippen molar-refractivity contribution in [2.75, 3.05) is 0 Å². The number of ketones is 1. The van der Waals surface area contributed by atoms with Gasteiger partial charge >= 0.3 is 0 Å². The molecule has 82 valence electrons. The standard InChI is InChI=1S/C13H18O2/c1-11(14)9-10-13(2,3)15-12-7-5-4-6-8-12/h4-8H,9-10H2,1-3H3. The summed E-state index contributed by atoms with van der Waals surface area (Å²) in [5.41, 5.74) is -0.285. The van der Waals surface area contributed by atoms with E-state index in [1.807, 2.05) is 44.2 Å². The minimum Gasteiger partial charge on any atom is -0.488 e. The third-order valence-corrected chi connectivity index (χ3v) is 2.22. The Kier molecular flexibility index (Phi) is 3.89. The highest BCUT2D eigenvalue weighted by molar-refractivity contribution is 5.75. The average Bonchev–Trinajstić information content (AvgIpc) is 2.16. The molecule has 0 radical (unpaired) electrons. The molecule has 0 aliphatic carbocycles. The monoisotopic (exact) mass is 206 g/mol. The number of carbonyl (C=O) groups is 1. The molecule has 2 nitrogen and oxygen atoms in total. The van der Waals surface area contributed by atoms with E-state index in [0.29, 0.717) is 6.42 Å². The minimum atomic E-state index is -0.285. The first-order valence-electron chi connectivity index (χ1n) is 5.23. The molecule has 1 rings (SSSR count). The highest BCUT2D eigenvalue weighted by atomic mass is 16.5. The van der Waals surface area contributed by atoms with Crippen molar-refractivity contribution in [1.29, 1.82) is 0 Å². The lowest BCUT2D eigenvalue weighted by Gasteiger charge is -2.26. The van der Waals surface area contributed by atoms with Crippen molar-refractivity contribution in [3.8, 4) is 5.75 Å². The van der Waals surface area contributed by atoms with E-state index in [4.69, 9.17) is 4.74 Å². The van der Waals surface area contributed by atoms with Crippen LogP contribution in [0.2, 0.25) is 0 Å². The van der Waals surface area contributed by atoms with Crippen LogP contribution in [0.3, 0.4) is 0 Å². The first kappa shape index (κ1) is 11.8. The maximum Gasteiger partial charge on any atom is 0.129 e. The largest absolute Gasteiger partial charge is 0.488 e. The normalized spacial score (nSPS) is 11.1. The van der Waals surface area contributed by atoms with Crippen molar-refractivity contribution in [1.82, 2.24) is 0 Å². The fourth-order valence-corrected chi connectivity index (χ4v) is 1.34. The van der Waals surface area contributed by atoms with Crippen molar-refractivity contribution >= 4 is 5.78 Å². The van der Waals surface area contributed by atoms with Gasteiger partial charge in [0.2, 0.25) is 0 Å². The molecule has 0 unspecified atom stereocenters. The fourth-order valence-electron chi connectivity index (χ4n) is 1.34. The Labute approximate surface area is 91.3 Å². The lowest BCUT2D eigenvalue weighted by atomic mass is 10.0. The molecular weight excluding hydrogens is 188 g/mol. The molecule has 0 aliphatic heterocycles. The van der Waals surface area contributed by atoms with Crippen LogP contribution >= 0.6 is 0 Å². The zero-order chi connectivity index (χ0) is 11.3. The minimum absolute atomic E-state index is 0.208. The summed E-state index contributed by atoms with van der Waals surface area (Å²) in [5, 5.41) is 0. The van der Waals surface area contributed by atoms with Crippen molar-refractivity contribution in [2.24, 2.45) is 0 Å². The summed E-state index contributed by atoms with van der Waals surface area (Å²) in [7, 11) is 0. The van der Waals surface area contributed by atoms with Crippen LogP contribution in [-0.4, -0.2) is 11.4 Å². The summed E-state index contributed by atoms with van der Waals surface area (Å²) in [6, 6.07) is 9.69. The Balaban J connectivity index is 2.52. The molecule has 0 fully saturated rings. The van der Waals surface area contributed by atoms with E-state index in [-0.39, 0.29) is 11.4 Å². The molecule has 0 amide bonds. The van der Waals surface area contributed by atoms with Crippen molar-refractivity contribution < 1.29 is 9.53 Å². The molecule has 0 bridgehead atoms. The van der Waals surface area contributed by atoms with Gasteiger partial charge in [-0.2, -0.15) is 0 Å². The van der Waals surface area contributed by atoms with Gasteiger partial charge < -0.3 is 9.53 Å². The Morgan fingerprint density at radius 1 is 1.27 bits per heavy atom. The molecule has 1 aromatic rings. The predicted molar refractivity (Wildman–Crippen MR) is 61.1 cm³/mol. The van der Waals surface area contributed by atoms with Crippen LogP contribution in [0.1, 0.15) is 33.6 Å². The van der Waals surface area contributed by atoms with Crippen molar-refractivity contribution in [3.63, 3.8) is 0 Å². The van der Waals surface area contributed by atoms with E-state index in [1.54, 1.807) is 6.92 Å². The third-order valence-electron chi connectivity index (χ3n) is 2.22. The maximum absolute atomic E-state index is 10.9. The number of carbonyl (C=O) groups excluding carboxylic acids is 1. The Hall–Kier alpha value is -1.31. The summed E-state index contributed by atoms with van der Waals surface area (Å²) in [6.07, 6.45) is 1.32. The summed E-state index contributed by atoms with van der Waals surface area (Å²) in [4.78, 5) is 10.9. The second kappa shape index (κ2) is 4.96. The Bertz CT molecular complexity index is 315. The van der Waals surface area contributed by atoms with Gasteiger partial charge in [-0.25, -0.2) is 0 Å². The zero-order valence-electron chi connectivity index (χ0n) is 9.62. The average molecular weight is 206 g/mol. The third kappa shape index (κ3) is 4.63. The number of hydrogen-bond donors (Lipinski definition) is 0. The van der Waals surface area contributed by atoms with Gasteiger partial charge in [0.15, 0.2) is 0 Å². The van der Waals surface area contributed by atoms with Crippen molar-refractivity contribution in [2.45, 2.75) is 39.2 Å². The SMILES string of the molecule is CC(=O)CCC(C)(C)Oc1ccccc1. The van der Waals surface area contributed by atoms with E-state index >= 15 is 0 Å². The molecule has 0 saturated carbocycles. The summed E-state index contributed by atoms with van der Waals surface area (Å²) >= 11 is 0. The molecule has 15 heavy (non-hydrogen) atoms. The van der Waals surface area contributed by atoms with Crippen LogP contribution in [0.5, 0.6) is 5.75 Å². The molecule has 2 heteroatoms. The van der Waals surface area contributed by atoms with Crippen LogP contribution in [0.4, 0.5) is 0 Å². The van der Waals surface area contributed by atoms with Crippen LogP contribution in [0, 0.1) is 0 Å². The second-order valence-corrected chi connectivity index (χ2v) is 4.38. The fraction of sp³-hybridized carbons (Fsp3) is 0.462. The quantitative estimate of drug-likeness (QED) is 0.739. The zero-order valence-corrected chi connectivity index (χ0v) is 9.62. The van der Waals surface area contributed by atoms with Crippen molar-refractivity contribution in [3.05, 3.63) is 30.3 Å². The van der Waals surface area contributed by atoms with E-state index in [0.717, 1.165) is 12.2 Å². The Morgan fingerprint density at radius 2 is 1.87 bits per heavy atom. The number of ether oxygens (including phenoxy) is 1. The topological polar surface area (TPSA) is 26.3 Å². The summed E-state index contributed by atoms with van der Waals surface area (Å²) < 4.78 is 5.80. The van der Waals surface area contributed by atoms with Gasteiger partial charge in [-0.3, -0.25) is 0 Å². The molecule has 0 aromatic heterocycles. The van der Waals surface area contributed by atoms with Gasteiger partial charge in [0, 0.05) is 6.42 Å². The highest BCUT2D eigenvalue weighted by Crippen LogP contribution is 2.21. The maximum atomic E-state index is 10.9. The van der Waals surface area contributed by atoms with Gasteiger partial charge in [0.25, 0.3) is 0 Å². The van der Waals surface area contributed by atoms with Gasteiger partial charge in [-0.05, 0) is 39.3 Å². The highest BCUT2D eigenvalue weighted by Gasteiger charge is 2.19. The van der Waals surface area contributed by atoms with E-state index < -0.39 is 0 Å². The molecule has 1 aromatic carbocycles. The molecule has 0 aliphatic rings. The molecule has 0 N–H and O–H groups in total. The molecular formula is C13H18O2. The van der Waals surface area contributed by atoms with Gasteiger partial charge in [0.05, 0.1) is 0 Å². The van der Waals surface area contributed by atoms with Gasteiger partial charge in [-0.1, -0.05) is 18.2 Å². The van der Waals surface area contributed by atoms with Crippen LogP contribution in [0.25, 0.3) is 0 Å². The number of benzene rings is 1. The molecule has 0 spiro atoms. The molecule has 0 heterocycles. The summed E-state index contributed by atoms with van der Waals surface area (Å²) in [5.74, 6) is 1.06. The first-order valence-corrected chi connectivity index (χ1v) is 5.23.